The van der Waals surface area contributed by atoms with Crippen molar-refractivity contribution in [3.05, 3.63) is 164 Å². The standard InChI is InChI=1S/C37H26N2O4S2/c40-37(41)33(32-13-7-8-14-34(32)39(42)43)25-31-22-24-36(45-31)35-23-21-30(44-35)20-17-26-15-18-29(19-16-26)38(27-9-3-1-4-10-27)28-11-5-2-6-12-28/h1-25H,(H,40,41)/b20-17+,33-25-. The Kier molecular flexibility index (Phi) is 8.77. The summed E-state index contributed by atoms with van der Waals surface area (Å²) >= 11 is 3.08. The predicted octanol–water partition coefficient (Wildman–Crippen LogP) is 10.7. The van der Waals surface area contributed by atoms with E-state index in [1.165, 1.54) is 35.6 Å². The first kappa shape index (κ1) is 29.5. The number of carboxylic acid groups (broad SMARTS) is 1. The van der Waals surface area contributed by atoms with Gasteiger partial charge in [-0.1, -0.05) is 66.7 Å². The third-order valence-corrected chi connectivity index (χ3v) is 9.30. The van der Waals surface area contributed by atoms with Gasteiger partial charge < -0.3 is 10.0 Å². The molecule has 1 N–H and O–H groups in total. The quantitative estimate of drug-likeness (QED) is 0.0929. The van der Waals surface area contributed by atoms with E-state index in [9.17, 15) is 20.0 Å². The number of para-hydroxylation sites is 3. The molecule has 8 heteroatoms. The van der Waals surface area contributed by atoms with Crippen LogP contribution in [0.2, 0.25) is 0 Å². The molecule has 0 saturated carbocycles. The first-order valence-corrected chi connectivity index (χ1v) is 15.7. The van der Waals surface area contributed by atoms with Gasteiger partial charge in [0.05, 0.1) is 16.1 Å². The number of rotatable bonds is 10. The van der Waals surface area contributed by atoms with E-state index in [0.717, 1.165) is 37.3 Å². The van der Waals surface area contributed by atoms with Gasteiger partial charge in [0.1, 0.15) is 0 Å². The highest BCUT2D eigenvalue weighted by Gasteiger charge is 2.21. The van der Waals surface area contributed by atoms with Crippen LogP contribution < -0.4 is 4.90 Å². The molecule has 2 heterocycles. The van der Waals surface area contributed by atoms with Crippen LogP contribution in [0.15, 0.2) is 133 Å². The van der Waals surface area contributed by atoms with Gasteiger partial charge in [-0.3, -0.25) is 10.1 Å². The fraction of sp³-hybridized carbons (Fsp3) is 0. The van der Waals surface area contributed by atoms with E-state index in [-0.39, 0.29) is 16.8 Å². The predicted molar refractivity (Wildman–Crippen MR) is 186 cm³/mol. The summed E-state index contributed by atoms with van der Waals surface area (Å²) in [5.41, 5.74) is 4.04. The fourth-order valence-corrected chi connectivity index (χ4v) is 6.86. The Morgan fingerprint density at radius 3 is 1.78 bits per heavy atom. The molecule has 2 aromatic heterocycles. The minimum atomic E-state index is -1.22. The minimum Gasteiger partial charge on any atom is -0.478 e. The summed E-state index contributed by atoms with van der Waals surface area (Å²) in [6, 6.07) is 42.8. The van der Waals surface area contributed by atoms with E-state index in [1.807, 2.05) is 54.6 Å². The van der Waals surface area contributed by atoms with Gasteiger partial charge in [0.15, 0.2) is 0 Å². The van der Waals surface area contributed by atoms with E-state index in [1.54, 1.807) is 17.4 Å². The molecule has 6 rings (SSSR count). The smallest absolute Gasteiger partial charge is 0.336 e. The lowest BCUT2D eigenvalue weighted by Gasteiger charge is -2.25. The molecule has 0 aliphatic heterocycles. The van der Waals surface area contributed by atoms with Crippen molar-refractivity contribution in [1.82, 2.24) is 0 Å². The van der Waals surface area contributed by atoms with Crippen LogP contribution in [-0.2, 0) is 4.79 Å². The van der Waals surface area contributed by atoms with Crippen LogP contribution >= 0.6 is 22.7 Å². The average molecular weight is 627 g/mol. The molecule has 0 atom stereocenters. The lowest BCUT2D eigenvalue weighted by atomic mass is 10.0. The number of nitrogens with zero attached hydrogens (tertiary/aromatic N) is 2. The van der Waals surface area contributed by atoms with Gasteiger partial charge in [0.25, 0.3) is 5.69 Å². The number of hydrogen-bond donors (Lipinski definition) is 1. The normalized spacial score (nSPS) is 11.5. The monoisotopic (exact) mass is 626 g/mol. The van der Waals surface area contributed by atoms with E-state index < -0.39 is 10.9 Å². The third-order valence-electron chi connectivity index (χ3n) is 7.02. The number of carboxylic acids is 1. The number of hydrogen-bond acceptors (Lipinski definition) is 6. The maximum atomic E-state index is 12.0. The topological polar surface area (TPSA) is 83.7 Å². The highest BCUT2D eigenvalue weighted by molar-refractivity contribution is 7.23. The molecule has 0 amide bonds. The van der Waals surface area contributed by atoms with Crippen molar-refractivity contribution in [3.8, 4) is 9.75 Å². The molecule has 220 valence electrons. The lowest BCUT2D eigenvalue weighted by Crippen LogP contribution is -2.09. The maximum absolute atomic E-state index is 12.0. The van der Waals surface area contributed by atoms with Crippen LogP contribution in [0.1, 0.15) is 20.9 Å². The van der Waals surface area contributed by atoms with Crippen LogP contribution in [0.3, 0.4) is 0 Å². The molecule has 0 unspecified atom stereocenters. The van der Waals surface area contributed by atoms with Gasteiger partial charge in [-0.15, -0.1) is 22.7 Å². The van der Waals surface area contributed by atoms with Gasteiger partial charge in [-0.2, -0.15) is 0 Å². The van der Waals surface area contributed by atoms with Crippen LogP contribution in [-0.4, -0.2) is 16.0 Å². The van der Waals surface area contributed by atoms with E-state index in [4.69, 9.17) is 0 Å². The second-order valence-corrected chi connectivity index (χ2v) is 12.2. The van der Waals surface area contributed by atoms with E-state index >= 15 is 0 Å². The first-order chi connectivity index (χ1) is 22.0. The molecule has 6 nitrogen and oxygen atoms in total. The van der Waals surface area contributed by atoms with Crippen LogP contribution in [0.4, 0.5) is 22.7 Å². The van der Waals surface area contributed by atoms with Crippen LogP contribution in [0.5, 0.6) is 0 Å². The van der Waals surface area contributed by atoms with Crippen molar-refractivity contribution in [2.24, 2.45) is 0 Å². The van der Waals surface area contributed by atoms with Gasteiger partial charge in [-0.05, 0) is 84.4 Å². The number of benzene rings is 4. The highest BCUT2D eigenvalue weighted by Crippen LogP contribution is 2.37. The molecule has 0 aliphatic carbocycles. The SMILES string of the molecule is O=C(O)/C(=C\c1ccc(-c2ccc(/C=C/c3ccc(N(c4ccccc4)c4ccccc4)cc3)s2)s1)c1ccccc1[N+](=O)[O-]. The number of anilines is 3. The van der Waals surface area contributed by atoms with Crippen molar-refractivity contribution in [3.63, 3.8) is 0 Å². The van der Waals surface area contributed by atoms with Gasteiger partial charge >= 0.3 is 5.97 Å². The van der Waals surface area contributed by atoms with Gasteiger partial charge in [-0.25, -0.2) is 4.79 Å². The molecule has 45 heavy (non-hydrogen) atoms. The zero-order chi connectivity index (χ0) is 31.2. The van der Waals surface area contributed by atoms with Crippen molar-refractivity contribution >= 4 is 75.2 Å². The Balaban J connectivity index is 1.19. The summed E-state index contributed by atoms with van der Waals surface area (Å²) in [5, 5.41) is 21.3. The van der Waals surface area contributed by atoms with Crippen LogP contribution in [0, 0.1) is 10.1 Å². The van der Waals surface area contributed by atoms with Gasteiger partial charge in [0.2, 0.25) is 0 Å². The van der Waals surface area contributed by atoms with Crippen molar-refractivity contribution in [2.45, 2.75) is 0 Å². The molecule has 0 radical (unpaired) electrons. The van der Waals surface area contributed by atoms with Crippen LogP contribution in [0.25, 0.3) is 33.6 Å². The summed E-state index contributed by atoms with van der Waals surface area (Å²) < 4.78 is 0. The zero-order valence-electron chi connectivity index (χ0n) is 23.8. The Hall–Kier alpha value is -5.57. The molecule has 0 bridgehead atoms. The van der Waals surface area contributed by atoms with Crippen molar-refractivity contribution < 1.29 is 14.8 Å². The largest absolute Gasteiger partial charge is 0.478 e. The number of thiophene rings is 2. The molecular weight excluding hydrogens is 601 g/mol. The molecule has 4 aromatic carbocycles. The number of aliphatic carboxylic acids is 1. The first-order valence-electron chi connectivity index (χ1n) is 14.0. The highest BCUT2D eigenvalue weighted by atomic mass is 32.1. The molecular formula is C37H26N2O4S2. The summed E-state index contributed by atoms with van der Waals surface area (Å²) in [5.74, 6) is -1.22. The molecule has 0 fully saturated rings. The Bertz CT molecular complexity index is 1970. The van der Waals surface area contributed by atoms with Gasteiger partial charge in [0, 0.05) is 42.6 Å². The summed E-state index contributed by atoms with van der Waals surface area (Å²) in [6.45, 7) is 0. The third kappa shape index (κ3) is 6.83. The number of carbonyl (C=O) groups is 1. The maximum Gasteiger partial charge on any atom is 0.336 e. The molecule has 0 saturated heterocycles. The second kappa shape index (κ2) is 13.4. The zero-order valence-corrected chi connectivity index (χ0v) is 25.4. The fourth-order valence-electron chi connectivity index (χ4n) is 4.91. The molecule has 0 aliphatic rings. The van der Waals surface area contributed by atoms with Crippen molar-refractivity contribution in [2.75, 3.05) is 4.90 Å². The van der Waals surface area contributed by atoms with E-state index in [2.05, 4.69) is 71.6 Å². The average Bonchev–Trinajstić information content (AvgIpc) is 3.74. The lowest BCUT2D eigenvalue weighted by molar-refractivity contribution is -0.385. The summed E-state index contributed by atoms with van der Waals surface area (Å²) in [4.78, 5) is 29.0. The Labute approximate surface area is 268 Å². The summed E-state index contributed by atoms with van der Waals surface area (Å²) in [7, 11) is 0. The number of nitro groups is 1. The second-order valence-electron chi connectivity index (χ2n) is 9.97. The molecule has 6 aromatic rings. The Morgan fingerprint density at radius 1 is 0.644 bits per heavy atom. The van der Waals surface area contributed by atoms with E-state index in [0.29, 0.717) is 4.88 Å². The molecule has 0 spiro atoms. The Morgan fingerprint density at radius 2 is 1.18 bits per heavy atom. The summed E-state index contributed by atoms with van der Waals surface area (Å²) in [6.07, 6.45) is 5.66. The minimum absolute atomic E-state index is 0.0781. The number of nitro benzene ring substituents is 1. The van der Waals surface area contributed by atoms with Crippen molar-refractivity contribution in [1.29, 1.82) is 0 Å².